The molecule has 1 aromatic rings. The van der Waals surface area contributed by atoms with Crippen LogP contribution in [0, 0.1) is 13.8 Å². The maximum absolute atomic E-state index is 12.4. The van der Waals surface area contributed by atoms with Gasteiger partial charge in [0.2, 0.25) is 0 Å². The zero-order chi connectivity index (χ0) is 16.8. The molecule has 23 heavy (non-hydrogen) atoms. The number of carbonyl (C=O) groups is 1. The van der Waals surface area contributed by atoms with E-state index in [9.17, 15) is 13.6 Å². The number of piperazine rings is 1. The maximum Gasteiger partial charge on any atom is 0.387 e. The number of benzene rings is 1. The summed E-state index contributed by atoms with van der Waals surface area (Å²) < 4.78 is 29.2. The van der Waals surface area contributed by atoms with E-state index in [4.69, 9.17) is 0 Å². The molecule has 1 aliphatic heterocycles. The fourth-order valence-corrected chi connectivity index (χ4v) is 2.72. The van der Waals surface area contributed by atoms with Crippen molar-refractivity contribution >= 4 is 5.91 Å². The Hall–Kier alpha value is -1.73. The average Bonchev–Trinajstić information content (AvgIpc) is 2.51. The Morgan fingerprint density at radius 2 is 1.91 bits per heavy atom. The number of carbonyl (C=O) groups excluding carboxylic acids is 1. The van der Waals surface area contributed by atoms with Crippen LogP contribution in [0.25, 0.3) is 0 Å². The van der Waals surface area contributed by atoms with Crippen LogP contribution in [0.2, 0.25) is 0 Å². The van der Waals surface area contributed by atoms with Crippen LogP contribution in [-0.2, 0) is 0 Å². The van der Waals surface area contributed by atoms with Gasteiger partial charge in [0.15, 0.2) is 0 Å². The second-order valence-electron chi connectivity index (χ2n) is 5.67. The lowest BCUT2D eigenvalue weighted by molar-refractivity contribution is -0.0507. The monoisotopic (exact) mass is 327 g/mol. The predicted octanol–water partition coefficient (Wildman–Crippen LogP) is 1.54. The highest BCUT2D eigenvalue weighted by Crippen LogP contribution is 2.26. The minimum absolute atomic E-state index is 0.136. The van der Waals surface area contributed by atoms with Crippen LogP contribution in [0.5, 0.6) is 5.75 Å². The van der Waals surface area contributed by atoms with Gasteiger partial charge in [-0.05, 0) is 37.1 Å². The molecule has 1 heterocycles. The van der Waals surface area contributed by atoms with E-state index in [0.717, 1.165) is 32.7 Å². The van der Waals surface area contributed by atoms with Crippen molar-refractivity contribution in [2.45, 2.75) is 20.5 Å². The number of aryl methyl sites for hydroxylation is 2. The first-order chi connectivity index (χ1) is 11.0. The molecular formula is C16H23F2N3O2. The lowest BCUT2D eigenvalue weighted by Crippen LogP contribution is -2.46. The summed E-state index contributed by atoms with van der Waals surface area (Å²) in [7, 11) is 0. The van der Waals surface area contributed by atoms with Crippen molar-refractivity contribution in [3.8, 4) is 5.75 Å². The van der Waals surface area contributed by atoms with Gasteiger partial charge in [-0.25, -0.2) is 0 Å². The number of alkyl halides is 2. The number of nitrogens with one attached hydrogen (secondary N) is 2. The van der Waals surface area contributed by atoms with E-state index in [1.165, 1.54) is 0 Å². The van der Waals surface area contributed by atoms with E-state index in [-0.39, 0.29) is 11.7 Å². The van der Waals surface area contributed by atoms with Crippen molar-refractivity contribution in [1.29, 1.82) is 0 Å². The fourth-order valence-electron chi connectivity index (χ4n) is 2.72. The van der Waals surface area contributed by atoms with Crippen molar-refractivity contribution < 1.29 is 18.3 Å². The van der Waals surface area contributed by atoms with Crippen LogP contribution >= 0.6 is 0 Å². The van der Waals surface area contributed by atoms with Crippen molar-refractivity contribution in [3.63, 3.8) is 0 Å². The molecule has 7 heteroatoms. The molecule has 128 valence electrons. The molecule has 0 radical (unpaired) electrons. The first kappa shape index (κ1) is 17.6. The van der Waals surface area contributed by atoms with Gasteiger partial charge in [0.25, 0.3) is 5.91 Å². The summed E-state index contributed by atoms with van der Waals surface area (Å²) in [5.41, 5.74) is 1.51. The molecular weight excluding hydrogens is 304 g/mol. The zero-order valence-corrected chi connectivity index (χ0v) is 13.5. The van der Waals surface area contributed by atoms with E-state index in [1.807, 2.05) is 0 Å². The molecule has 0 spiro atoms. The van der Waals surface area contributed by atoms with Crippen LogP contribution in [0.1, 0.15) is 21.5 Å². The van der Waals surface area contributed by atoms with Crippen LogP contribution in [-0.4, -0.2) is 56.7 Å². The second-order valence-corrected chi connectivity index (χ2v) is 5.67. The van der Waals surface area contributed by atoms with Gasteiger partial charge in [-0.15, -0.1) is 0 Å². The number of nitrogens with zero attached hydrogens (tertiary/aromatic N) is 1. The fraction of sp³-hybridized carbons (Fsp3) is 0.562. The smallest absolute Gasteiger partial charge is 0.387 e. The lowest BCUT2D eigenvalue weighted by Gasteiger charge is -2.27. The molecule has 1 saturated heterocycles. The Bertz CT molecular complexity index is 523. The second kappa shape index (κ2) is 8.21. The van der Waals surface area contributed by atoms with Crippen molar-refractivity contribution in [2.24, 2.45) is 0 Å². The van der Waals surface area contributed by atoms with Gasteiger partial charge in [0, 0.05) is 44.8 Å². The van der Waals surface area contributed by atoms with Gasteiger partial charge >= 0.3 is 6.61 Å². The van der Waals surface area contributed by atoms with Gasteiger partial charge in [-0.2, -0.15) is 8.78 Å². The van der Waals surface area contributed by atoms with E-state index in [0.29, 0.717) is 23.2 Å². The van der Waals surface area contributed by atoms with Crippen molar-refractivity contribution in [2.75, 3.05) is 39.3 Å². The van der Waals surface area contributed by atoms with E-state index >= 15 is 0 Å². The first-order valence-electron chi connectivity index (χ1n) is 7.74. The summed E-state index contributed by atoms with van der Waals surface area (Å²) in [6, 6.07) is 3.15. The summed E-state index contributed by atoms with van der Waals surface area (Å²) in [5.74, 6) is -0.0627. The number of rotatable bonds is 6. The summed E-state index contributed by atoms with van der Waals surface area (Å²) in [5, 5.41) is 6.15. The Balaban J connectivity index is 1.91. The number of hydrogen-bond donors (Lipinski definition) is 2. The normalized spacial score (nSPS) is 15.7. The van der Waals surface area contributed by atoms with Gasteiger partial charge in [-0.3, -0.25) is 9.69 Å². The van der Waals surface area contributed by atoms with Crippen LogP contribution in [0.15, 0.2) is 12.1 Å². The number of amides is 1. The van der Waals surface area contributed by atoms with Crippen molar-refractivity contribution in [1.82, 2.24) is 15.5 Å². The topological polar surface area (TPSA) is 53.6 Å². The minimum atomic E-state index is -2.87. The number of hydrogen-bond acceptors (Lipinski definition) is 4. The predicted molar refractivity (Wildman–Crippen MR) is 84.2 cm³/mol. The lowest BCUT2D eigenvalue weighted by atomic mass is 10.1. The van der Waals surface area contributed by atoms with Gasteiger partial charge in [-0.1, -0.05) is 0 Å². The van der Waals surface area contributed by atoms with Gasteiger partial charge in [0.1, 0.15) is 5.75 Å². The largest absolute Gasteiger partial charge is 0.434 e. The van der Waals surface area contributed by atoms with E-state index in [1.54, 1.807) is 26.0 Å². The molecule has 1 aromatic carbocycles. The standard InChI is InChI=1S/C16H23F2N3O2/c1-11-9-13(10-12(2)14(11)23-16(17)18)15(22)20-5-8-21-6-3-19-4-7-21/h9-10,16,19H,3-8H2,1-2H3,(H,20,22). The molecule has 0 bridgehead atoms. The highest BCUT2D eigenvalue weighted by Gasteiger charge is 2.15. The summed E-state index contributed by atoms with van der Waals surface area (Å²) in [4.78, 5) is 14.5. The first-order valence-corrected chi connectivity index (χ1v) is 7.74. The molecule has 0 aromatic heterocycles. The molecule has 2 N–H and O–H groups in total. The average molecular weight is 327 g/mol. The molecule has 5 nitrogen and oxygen atoms in total. The zero-order valence-electron chi connectivity index (χ0n) is 13.5. The third-order valence-electron chi connectivity index (χ3n) is 3.85. The quantitative estimate of drug-likeness (QED) is 0.832. The Morgan fingerprint density at radius 1 is 1.30 bits per heavy atom. The highest BCUT2D eigenvalue weighted by atomic mass is 19.3. The van der Waals surface area contributed by atoms with Crippen LogP contribution < -0.4 is 15.4 Å². The number of halogens is 2. The van der Waals surface area contributed by atoms with Gasteiger partial charge in [0.05, 0.1) is 0 Å². The number of ether oxygens (including phenoxy) is 1. The SMILES string of the molecule is Cc1cc(C(=O)NCCN2CCNCC2)cc(C)c1OC(F)F. The molecule has 1 aliphatic rings. The molecule has 1 fully saturated rings. The summed E-state index contributed by atoms with van der Waals surface area (Å²) in [6.45, 7) is 5.71. The van der Waals surface area contributed by atoms with E-state index in [2.05, 4.69) is 20.3 Å². The summed E-state index contributed by atoms with van der Waals surface area (Å²) >= 11 is 0. The Labute approximate surface area is 135 Å². The molecule has 0 saturated carbocycles. The molecule has 2 rings (SSSR count). The summed E-state index contributed by atoms with van der Waals surface area (Å²) in [6.07, 6.45) is 0. The molecule has 1 amide bonds. The Morgan fingerprint density at radius 3 is 2.48 bits per heavy atom. The highest BCUT2D eigenvalue weighted by molar-refractivity contribution is 5.94. The Kier molecular flexibility index (Phi) is 6.29. The minimum Gasteiger partial charge on any atom is -0.434 e. The third-order valence-corrected chi connectivity index (χ3v) is 3.85. The van der Waals surface area contributed by atoms with Gasteiger partial charge < -0.3 is 15.4 Å². The molecule has 0 aliphatic carbocycles. The van der Waals surface area contributed by atoms with E-state index < -0.39 is 6.61 Å². The maximum atomic E-state index is 12.4. The van der Waals surface area contributed by atoms with Crippen molar-refractivity contribution in [3.05, 3.63) is 28.8 Å². The van der Waals surface area contributed by atoms with Crippen LogP contribution in [0.4, 0.5) is 8.78 Å². The molecule has 0 atom stereocenters. The molecule has 0 unspecified atom stereocenters. The third kappa shape index (κ3) is 5.14. The van der Waals surface area contributed by atoms with Crippen LogP contribution in [0.3, 0.4) is 0 Å².